The van der Waals surface area contributed by atoms with Crippen molar-refractivity contribution in [2.24, 2.45) is 5.41 Å². The lowest BCUT2D eigenvalue weighted by Gasteiger charge is -2.38. The average molecular weight is 296 g/mol. The molecule has 20 heavy (non-hydrogen) atoms. The molecule has 1 amide bonds. The molecule has 2 rings (SSSR count). The van der Waals surface area contributed by atoms with Crippen LogP contribution in [0.1, 0.15) is 20.8 Å². The molecule has 5 nitrogen and oxygen atoms in total. The summed E-state index contributed by atoms with van der Waals surface area (Å²) in [4.78, 5) is 13.6. The van der Waals surface area contributed by atoms with Gasteiger partial charge in [0.1, 0.15) is 6.04 Å². The number of carbonyl (C=O) groups is 1. The molecule has 0 radical (unpaired) electrons. The summed E-state index contributed by atoms with van der Waals surface area (Å²) >= 11 is 0. The zero-order valence-corrected chi connectivity index (χ0v) is 12.8. The number of para-hydroxylation sites is 1. The van der Waals surface area contributed by atoms with Crippen LogP contribution in [0.4, 0.5) is 5.69 Å². The second-order valence-corrected chi connectivity index (χ2v) is 8.03. The minimum absolute atomic E-state index is 0.00904. The van der Waals surface area contributed by atoms with Gasteiger partial charge >= 0.3 is 0 Å². The second kappa shape index (κ2) is 5.18. The maximum atomic E-state index is 12.0. The summed E-state index contributed by atoms with van der Waals surface area (Å²) in [7, 11) is -3.44. The number of β-lactam (4-membered cyclic amide) rings is 1. The second-order valence-electron chi connectivity index (χ2n) is 6.27. The van der Waals surface area contributed by atoms with Gasteiger partial charge in [-0.05, 0) is 17.5 Å². The van der Waals surface area contributed by atoms with Crippen LogP contribution < -0.4 is 9.62 Å². The van der Waals surface area contributed by atoms with Gasteiger partial charge in [-0.3, -0.25) is 4.79 Å². The van der Waals surface area contributed by atoms with E-state index in [0.717, 1.165) is 5.69 Å². The highest BCUT2D eigenvalue weighted by Gasteiger charge is 2.40. The maximum Gasteiger partial charge on any atom is 0.247 e. The summed E-state index contributed by atoms with van der Waals surface area (Å²) in [6, 6.07) is 8.59. The van der Waals surface area contributed by atoms with E-state index < -0.39 is 16.1 Å². The summed E-state index contributed by atoms with van der Waals surface area (Å²) in [5.74, 6) is -0.191. The van der Waals surface area contributed by atoms with Gasteiger partial charge in [-0.2, -0.15) is 0 Å². The average Bonchev–Trinajstić information content (AvgIpc) is 2.32. The van der Waals surface area contributed by atoms with Gasteiger partial charge in [-0.1, -0.05) is 39.0 Å². The van der Waals surface area contributed by atoms with Gasteiger partial charge in [-0.15, -0.1) is 0 Å². The first kappa shape index (κ1) is 15.0. The Bertz CT molecular complexity index is 591. The number of hydrogen-bond donors (Lipinski definition) is 1. The van der Waals surface area contributed by atoms with E-state index in [1.54, 1.807) is 4.90 Å². The first-order valence-electron chi connectivity index (χ1n) is 6.54. The van der Waals surface area contributed by atoms with E-state index in [1.807, 2.05) is 51.1 Å². The van der Waals surface area contributed by atoms with E-state index in [-0.39, 0.29) is 17.1 Å². The molecule has 1 aromatic carbocycles. The molecule has 1 aliphatic heterocycles. The molecule has 1 N–H and O–H groups in total. The molecule has 6 heteroatoms. The SMILES string of the molecule is CC(C)(C)CS(=O)(=O)NC1CN(c2ccccc2)C1=O. The van der Waals surface area contributed by atoms with E-state index >= 15 is 0 Å². The monoisotopic (exact) mass is 296 g/mol. The fourth-order valence-corrected chi connectivity index (χ4v) is 4.02. The van der Waals surface area contributed by atoms with Gasteiger partial charge in [0, 0.05) is 5.69 Å². The van der Waals surface area contributed by atoms with Crippen molar-refractivity contribution in [1.82, 2.24) is 4.72 Å². The predicted octanol–water partition coefficient (Wildman–Crippen LogP) is 1.37. The molecule has 0 spiro atoms. The minimum atomic E-state index is -3.44. The number of rotatable bonds is 4. The van der Waals surface area contributed by atoms with Gasteiger partial charge in [0.05, 0.1) is 12.3 Å². The minimum Gasteiger partial charge on any atom is -0.309 e. The van der Waals surface area contributed by atoms with Crippen molar-refractivity contribution >= 4 is 21.6 Å². The number of anilines is 1. The number of hydrogen-bond acceptors (Lipinski definition) is 3. The van der Waals surface area contributed by atoms with Crippen LogP contribution in [0.15, 0.2) is 30.3 Å². The topological polar surface area (TPSA) is 66.5 Å². The Hall–Kier alpha value is -1.40. The highest BCUT2D eigenvalue weighted by atomic mass is 32.2. The van der Waals surface area contributed by atoms with Crippen LogP contribution in [0.25, 0.3) is 0 Å². The molecule has 1 atom stereocenters. The summed E-state index contributed by atoms with van der Waals surface area (Å²) in [6.07, 6.45) is 0. The molecule has 1 aliphatic rings. The van der Waals surface area contributed by atoms with Crippen molar-refractivity contribution in [3.05, 3.63) is 30.3 Å². The van der Waals surface area contributed by atoms with Crippen molar-refractivity contribution in [2.75, 3.05) is 17.2 Å². The lowest BCUT2D eigenvalue weighted by atomic mass is 10.0. The third kappa shape index (κ3) is 3.58. The highest BCUT2D eigenvalue weighted by Crippen LogP contribution is 2.23. The molecule has 0 bridgehead atoms. The standard InChI is InChI=1S/C14H20N2O3S/c1-14(2,3)10-20(18,19)15-12-9-16(13(12)17)11-7-5-4-6-8-11/h4-8,12,15H,9-10H2,1-3H3. The van der Waals surface area contributed by atoms with Gasteiger partial charge < -0.3 is 4.90 Å². The van der Waals surface area contributed by atoms with Crippen molar-refractivity contribution in [2.45, 2.75) is 26.8 Å². The molecule has 1 heterocycles. The molecular weight excluding hydrogens is 276 g/mol. The predicted molar refractivity (Wildman–Crippen MR) is 79.0 cm³/mol. The number of benzene rings is 1. The molecule has 0 aliphatic carbocycles. The van der Waals surface area contributed by atoms with Gasteiger partial charge in [0.15, 0.2) is 0 Å². The van der Waals surface area contributed by atoms with Crippen LogP contribution in [0.3, 0.4) is 0 Å². The van der Waals surface area contributed by atoms with Gasteiger partial charge in [-0.25, -0.2) is 13.1 Å². The number of amides is 1. The highest BCUT2D eigenvalue weighted by molar-refractivity contribution is 7.89. The Kier molecular flexibility index (Phi) is 3.88. The summed E-state index contributed by atoms with van der Waals surface area (Å²) < 4.78 is 26.4. The maximum absolute atomic E-state index is 12.0. The van der Waals surface area contributed by atoms with Crippen molar-refractivity contribution in [1.29, 1.82) is 0 Å². The zero-order valence-electron chi connectivity index (χ0n) is 12.0. The molecule has 1 fully saturated rings. The van der Waals surface area contributed by atoms with Gasteiger partial charge in [0.2, 0.25) is 15.9 Å². The first-order valence-corrected chi connectivity index (χ1v) is 8.20. The smallest absolute Gasteiger partial charge is 0.247 e. The fourth-order valence-electron chi connectivity index (χ4n) is 2.18. The molecule has 110 valence electrons. The number of nitrogens with one attached hydrogen (secondary N) is 1. The Morgan fingerprint density at radius 1 is 1.25 bits per heavy atom. The van der Waals surface area contributed by atoms with Crippen LogP contribution in [0.2, 0.25) is 0 Å². The quantitative estimate of drug-likeness (QED) is 0.853. The molecule has 0 aromatic heterocycles. The summed E-state index contributed by atoms with van der Waals surface area (Å²) in [5, 5.41) is 0. The third-order valence-corrected chi connectivity index (χ3v) is 4.83. The largest absolute Gasteiger partial charge is 0.309 e. The summed E-state index contributed by atoms with van der Waals surface area (Å²) in [6.45, 7) is 5.94. The van der Waals surface area contributed by atoms with Crippen LogP contribution in [-0.2, 0) is 14.8 Å². The number of carbonyl (C=O) groups excluding carboxylic acids is 1. The van der Waals surface area contributed by atoms with Crippen LogP contribution in [0, 0.1) is 5.41 Å². The third-order valence-electron chi connectivity index (χ3n) is 2.94. The van der Waals surface area contributed by atoms with Crippen molar-refractivity contribution < 1.29 is 13.2 Å². The number of sulfonamides is 1. The van der Waals surface area contributed by atoms with E-state index in [4.69, 9.17) is 0 Å². The summed E-state index contributed by atoms with van der Waals surface area (Å²) in [5.41, 5.74) is 0.460. The normalized spacial score (nSPS) is 19.9. The van der Waals surface area contributed by atoms with E-state index in [0.29, 0.717) is 6.54 Å². The molecule has 1 aromatic rings. The van der Waals surface area contributed by atoms with Crippen LogP contribution in [0.5, 0.6) is 0 Å². The molecule has 1 saturated heterocycles. The van der Waals surface area contributed by atoms with Gasteiger partial charge in [0.25, 0.3) is 0 Å². The Labute approximate surface area is 120 Å². The lowest BCUT2D eigenvalue weighted by molar-refractivity contribution is -0.124. The lowest BCUT2D eigenvalue weighted by Crippen LogP contribution is -2.64. The van der Waals surface area contributed by atoms with Crippen LogP contribution >= 0.6 is 0 Å². The number of nitrogens with zero attached hydrogens (tertiary/aromatic N) is 1. The fraction of sp³-hybridized carbons (Fsp3) is 0.500. The molecule has 1 unspecified atom stereocenters. The Balaban J connectivity index is 1.97. The Morgan fingerprint density at radius 2 is 1.85 bits per heavy atom. The van der Waals surface area contributed by atoms with Crippen molar-refractivity contribution in [3.63, 3.8) is 0 Å². The Morgan fingerprint density at radius 3 is 2.35 bits per heavy atom. The van der Waals surface area contributed by atoms with Crippen LogP contribution in [-0.4, -0.2) is 32.7 Å². The molecular formula is C14H20N2O3S. The van der Waals surface area contributed by atoms with Crippen molar-refractivity contribution in [3.8, 4) is 0 Å². The van der Waals surface area contributed by atoms with E-state index in [1.165, 1.54) is 0 Å². The van der Waals surface area contributed by atoms with E-state index in [9.17, 15) is 13.2 Å². The first-order chi connectivity index (χ1) is 9.18. The van der Waals surface area contributed by atoms with E-state index in [2.05, 4.69) is 4.72 Å². The zero-order chi connectivity index (χ0) is 15.0. The molecule has 0 saturated carbocycles.